The molecule has 3 nitrogen and oxygen atoms in total. The van der Waals surface area contributed by atoms with Gasteiger partial charge in [-0.25, -0.2) is 0 Å². The SMILES string of the molecule is Cc1ccccc1C1c2[nH]c3ccccc3c2CCN1C(=O)C1=CCCCC1. The average molecular weight is 370 g/mol. The number of amides is 1. The van der Waals surface area contributed by atoms with Gasteiger partial charge in [0.25, 0.3) is 0 Å². The number of H-pyrrole nitrogens is 1. The van der Waals surface area contributed by atoms with Crippen molar-refractivity contribution in [3.63, 3.8) is 0 Å². The molecule has 28 heavy (non-hydrogen) atoms. The average Bonchev–Trinajstić information content (AvgIpc) is 3.12. The number of carbonyl (C=O) groups is 1. The monoisotopic (exact) mass is 370 g/mol. The summed E-state index contributed by atoms with van der Waals surface area (Å²) in [6.07, 6.45) is 7.33. The van der Waals surface area contributed by atoms with Gasteiger partial charge in [-0.15, -0.1) is 0 Å². The predicted octanol–water partition coefficient (Wildman–Crippen LogP) is 5.45. The van der Waals surface area contributed by atoms with Crippen LogP contribution in [0.4, 0.5) is 0 Å². The van der Waals surface area contributed by atoms with E-state index in [4.69, 9.17) is 0 Å². The summed E-state index contributed by atoms with van der Waals surface area (Å²) in [5.74, 6) is 0.220. The number of allylic oxidation sites excluding steroid dienone is 1. The number of aromatic amines is 1. The zero-order valence-corrected chi connectivity index (χ0v) is 16.4. The third-order valence-electron chi connectivity index (χ3n) is 6.34. The van der Waals surface area contributed by atoms with Gasteiger partial charge in [0.2, 0.25) is 5.91 Å². The Morgan fingerprint density at radius 2 is 1.86 bits per heavy atom. The van der Waals surface area contributed by atoms with Crippen LogP contribution in [0.15, 0.2) is 60.2 Å². The summed E-state index contributed by atoms with van der Waals surface area (Å²) in [4.78, 5) is 19.3. The highest BCUT2D eigenvalue weighted by Gasteiger charge is 2.36. The fourth-order valence-corrected chi connectivity index (χ4v) is 4.89. The van der Waals surface area contributed by atoms with Crippen molar-refractivity contribution in [2.24, 2.45) is 0 Å². The van der Waals surface area contributed by atoms with Crippen molar-refractivity contribution in [2.45, 2.75) is 45.1 Å². The third-order valence-corrected chi connectivity index (χ3v) is 6.34. The van der Waals surface area contributed by atoms with Gasteiger partial charge in [0.15, 0.2) is 0 Å². The van der Waals surface area contributed by atoms with Gasteiger partial charge in [-0.3, -0.25) is 4.79 Å². The predicted molar refractivity (Wildman–Crippen MR) is 113 cm³/mol. The van der Waals surface area contributed by atoms with Gasteiger partial charge in [0.05, 0.1) is 6.04 Å². The largest absolute Gasteiger partial charge is 0.356 e. The molecule has 0 bridgehead atoms. The third kappa shape index (κ3) is 2.77. The lowest BCUT2D eigenvalue weighted by molar-refractivity contribution is -0.129. The Labute approximate surface area is 166 Å². The Hall–Kier alpha value is -2.81. The van der Waals surface area contributed by atoms with Gasteiger partial charge in [0.1, 0.15) is 0 Å². The van der Waals surface area contributed by atoms with E-state index < -0.39 is 0 Å². The molecule has 3 heteroatoms. The molecule has 2 aromatic carbocycles. The number of aryl methyl sites for hydroxylation is 1. The van der Waals surface area contributed by atoms with E-state index in [0.717, 1.165) is 43.3 Å². The van der Waals surface area contributed by atoms with Crippen LogP contribution in [-0.4, -0.2) is 22.3 Å². The lowest BCUT2D eigenvalue weighted by atomic mass is 9.88. The van der Waals surface area contributed by atoms with Crippen LogP contribution in [0.1, 0.15) is 54.1 Å². The van der Waals surface area contributed by atoms with Crippen molar-refractivity contribution in [1.29, 1.82) is 0 Å². The van der Waals surface area contributed by atoms with E-state index in [1.165, 1.54) is 34.2 Å². The van der Waals surface area contributed by atoms with Crippen molar-refractivity contribution in [2.75, 3.05) is 6.54 Å². The summed E-state index contributed by atoms with van der Waals surface area (Å²) >= 11 is 0. The summed E-state index contributed by atoms with van der Waals surface area (Å²) < 4.78 is 0. The fraction of sp³-hybridized carbons (Fsp3) is 0.320. The molecule has 1 amide bonds. The maximum absolute atomic E-state index is 13.5. The fourth-order valence-electron chi connectivity index (χ4n) is 4.89. The van der Waals surface area contributed by atoms with Crippen LogP contribution in [0.3, 0.4) is 0 Å². The number of hydrogen-bond donors (Lipinski definition) is 1. The molecule has 1 atom stereocenters. The molecule has 0 saturated carbocycles. The molecule has 0 spiro atoms. The summed E-state index contributed by atoms with van der Waals surface area (Å²) in [7, 11) is 0. The quantitative estimate of drug-likeness (QED) is 0.640. The minimum Gasteiger partial charge on any atom is -0.356 e. The minimum atomic E-state index is -0.0484. The van der Waals surface area contributed by atoms with Crippen LogP contribution in [0, 0.1) is 6.92 Å². The van der Waals surface area contributed by atoms with Gasteiger partial charge in [0, 0.05) is 28.7 Å². The summed E-state index contributed by atoms with van der Waals surface area (Å²) in [5.41, 5.74) is 7.17. The first-order chi connectivity index (χ1) is 13.7. The molecule has 5 rings (SSSR count). The van der Waals surface area contributed by atoms with Crippen molar-refractivity contribution in [3.05, 3.63) is 82.6 Å². The maximum Gasteiger partial charge on any atom is 0.250 e. The maximum atomic E-state index is 13.5. The van der Waals surface area contributed by atoms with Crippen LogP contribution in [-0.2, 0) is 11.2 Å². The van der Waals surface area contributed by atoms with E-state index in [2.05, 4.69) is 71.4 Å². The highest BCUT2D eigenvalue weighted by atomic mass is 16.2. The molecule has 1 aliphatic heterocycles. The van der Waals surface area contributed by atoms with E-state index in [1.807, 2.05) is 0 Å². The van der Waals surface area contributed by atoms with Gasteiger partial charge < -0.3 is 9.88 Å². The molecular weight excluding hydrogens is 344 g/mol. The number of rotatable bonds is 2. The normalized spacial score (nSPS) is 19.4. The number of aromatic nitrogens is 1. The second-order valence-electron chi connectivity index (χ2n) is 8.05. The highest BCUT2D eigenvalue weighted by molar-refractivity contribution is 5.95. The number of fused-ring (bicyclic) bond motifs is 3. The smallest absolute Gasteiger partial charge is 0.250 e. The van der Waals surface area contributed by atoms with Crippen LogP contribution >= 0.6 is 0 Å². The Bertz CT molecular complexity index is 1080. The lowest BCUT2D eigenvalue weighted by Gasteiger charge is -2.38. The number of carbonyl (C=O) groups excluding carboxylic acids is 1. The molecule has 1 unspecified atom stereocenters. The molecule has 0 radical (unpaired) electrons. The van der Waals surface area contributed by atoms with E-state index in [0.29, 0.717) is 0 Å². The Kier molecular flexibility index (Phi) is 4.31. The number of nitrogens with zero attached hydrogens (tertiary/aromatic N) is 1. The molecule has 0 fully saturated rings. The van der Waals surface area contributed by atoms with Crippen molar-refractivity contribution in [3.8, 4) is 0 Å². The summed E-state index contributed by atoms with van der Waals surface area (Å²) in [6.45, 7) is 2.92. The van der Waals surface area contributed by atoms with E-state index >= 15 is 0 Å². The van der Waals surface area contributed by atoms with Crippen LogP contribution < -0.4 is 0 Å². The molecule has 0 saturated heterocycles. The highest BCUT2D eigenvalue weighted by Crippen LogP contribution is 2.40. The zero-order valence-electron chi connectivity index (χ0n) is 16.4. The van der Waals surface area contributed by atoms with Crippen LogP contribution in [0.2, 0.25) is 0 Å². The van der Waals surface area contributed by atoms with Gasteiger partial charge in [-0.05, 0) is 61.8 Å². The molecule has 1 N–H and O–H groups in total. The van der Waals surface area contributed by atoms with Gasteiger partial charge >= 0.3 is 0 Å². The summed E-state index contributed by atoms with van der Waals surface area (Å²) in [5, 5.41) is 1.29. The molecule has 1 aliphatic carbocycles. The Morgan fingerprint density at radius 3 is 2.68 bits per heavy atom. The lowest BCUT2D eigenvalue weighted by Crippen LogP contribution is -2.41. The van der Waals surface area contributed by atoms with Gasteiger partial charge in [-0.1, -0.05) is 48.5 Å². The zero-order chi connectivity index (χ0) is 19.1. The van der Waals surface area contributed by atoms with Gasteiger partial charge in [-0.2, -0.15) is 0 Å². The number of benzene rings is 2. The van der Waals surface area contributed by atoms with Crippen molar-refractivity contribution in [1.82, 2.24) is 9.88 Å². The molecule has 142 valence electrons. The first-order valence-electron chi connectivity index (χ1n) is 10.4. The standard InChI is InChI=1S/C25H26N2O/c1-17-9-5-6-12-19(17)24-23-21(20-13-7-8-14-22(20)26-23)15-16-27(24)25(28)18-10-3-2-4-11-18/h5-10,12-14,24,26H,2-4,11,15-16H2,1H3. The number of hydrogen-bond acceptors (Lipinski definition) is 1. The van der Waals surface area contributed by atoms with E-state index in [-0.39, 0.29) is 11.9 Å². The number of nitrogens with one attached hydrogen (secondary N) is 1. The second kappa shape index (κ2) is 6.97. The van der Waals surface area contributed by atoms with Crippen LogP contribution in [0.25, 0.3) is 10.9 Å². The summed E-state index contributed by atoms with van der Waals surface area (Å²) in [6, 6.07) is 16.9. The first kappa shape index (κ1) is 17.3. The van der Waals surface area contributed by atoms with E-state index in [1.54, 1.807) is 0 Å². The van der Waals surface area contributed by atoms with Crippen molar-refractivity contribution < 1.29 is 4.79 Å². The molecular formula is C25H26N2O. The first-order valence-corrected chi connectivity index (χ1v) is 10.4. The van der Waals surface area contributed by atoms with E-state index in [9.17, 15) is 4.79 Å². The minimum absolute atomic E-state index is 0.0484. The molecule has 2 aliphatic rings. The molecule has 2 heterocycles. The number of para-hydroxylation sites is 1. The Morgan fingerprint density at radius 1 is 1.04 bits per heavy atom. The Balaban J connectivity index is 1.66. The molecule has 1 aromatic heterocycles. The topological polar surface area (TPSA) is 36.1 Å². The molecule has 3 aromatic rings. The van der Waals surface area contributed by atoms with Crippen LogP contribution in [0.5, 0.6) is 0 Å². The van der Waals surface area contributed by atoms with Crippen molar-refractivity contribution >= 4 is 16.8 Å². The second-order valence-corrected chi connectivity index (χ2v) is 8.05.